The zero-order chi connectivity index (χ0) is 10.1. The predicted molar refractivity (Wildman–Crippen MR) is 55.3 cm³/mol. The first-order valence-electron chi connectivity index (χ1n) is 4.27. The van der Waals surface area contributed by atoms with Crippen molar-refractivity contribution < 1.29 is 14.3 Å². The minimum atomic E-state index is -0.210. The summed E-state index contributed by atoms with van der Waals surface area (Å²) in [7, 11) is 0. The third-order valence-electron chi connectivity index (χ3n) is 2.02. The summed E-state index contributed by atoms with van der Waals surface area (Å²) in [4.78, 5) is 11.5. The molecule has 3 nitrogen and oxygen atoms in total. The molecule has 0 fully saturated rings. The molecule has 0 N–H and O–H groups in total. The Balaban J connectivity index is 2.44. The normalized spacial score (nSPS) is 15.3. The predicted octanol–water partition coefficient (Wildman–Crippen LogP) is 2.38. The van der Waals surface area contributed by atoms with Gasteiger partial charge in [-0.15, -0.1) is 0 Å². The molecule has 0 aromatic heterocycles. The third kappa shape index (κ3) is 1.50. The van der Waals surface area contributed by atoms with E-state index in [0.717, 1.165) is 0 Å². The topological polar surface area (TPSA) is 35.5 Å². The van der Waals surface area contributed by atoms with Crippen LogP contribution < -0.4 is 9.47 Å². The minimum Gasteiger partial charge on any atom is -0.454 e. The number of carbonyl (C=O) groups excluding carboxylic acids is 1. The van der Waals surface area contributed by atoms with Gasteiger partial charge in [-0.2, -0.15) is 0 Å². The highest BCUT2D eigenvalue weighted by Crippen LogP contribution is 2.36. The second kappa shape index (κ2) is 3.61. The Labute approximate surface area is 90.1 Å². The van der Waals surface area contributed by atoms with Crippen molar-refractivity contribution in [1.82, 2.24) is 0 Å². The Morgan fingerprint density at radius 2 is 2.29 bits per heavy atom. The lowest BCUT2D eigenvalue weighted by atomic mass is 10.1. The van der Waals surface area contributed by atoms with Crippen LogP contribution in [0.3, 0.4) is 0 Å². The molecule has 0 amide bonds. The maximum absolute atomic E-state index is 11.7. The Morgan fingerprint density at radius 1 is 1.50 bits per heavy atom. The van der Waals surface area contributed by atoms with Crippen LogP contribution in [0.15, 0.2) is 18.2 Å². The standard InChI is InChI=1S/C10H9BrO3/c1-6(11)9(12)7-3-2-4-8-10(7)14-5-13-8/h2-4,6H,5H2,1H3. The fourth-order valence-electron chi connectivity index (χ4n) is 1.34. The number of hydrogen-bond acceptors (Lipinski definition) is 3. The van der Waals surface area contributed by atoms with E-state index in [2.05, 4.69) is 15.9 Å². The van der Waals surface area contributed by atoms with Gasteiger partial charge in [0, 0.05) is 0 Å². The summed E-state index contributed by atoms with van der Waals surface area (Å²) in [5.74, 6) is 1.21. The quantitative estimate of drug-likeness (QED) is 0.602. The Morgan fingerprint density at radius 3 is 3.00 bits per heavy atom. The summed E-state index contributed by atoms with van der Waals surface area (Å²) < 4.78 is 10.4. The number of ketones is 1. The van der Waals surface area contributed by atoms with Gasteiger partial charge >= 0.3 is 0 Å². The molecule has 0 aliphatic carbocycles. The summed E-state index contributed by atoms with van der Waals surface area (Å²) in [6, 6.07) is 5.32. The van der Waals surface area contributed by atoms with E-state index in [4.69, 9.17) is 9.47 Å². The van der Waals surface area contributed by atoms with E-state index >= 15 is 0 Å². The van der Waals surface area contributed by atoms with Gasteiger partial charge in [-0.1, -0.05) is 22.0 Å². The lowest BCUT2D eigenvalue weighted by Crippen LogP contribution is -2.10. The molecule has 1 heterocycles. The molecule has 14 heavy (non-hydrogen) atoms. The fourth-order valence-corrected chi connectivity index (χ4v) is 1.59. The number of Topliss-reactive ketones (excluding diaryl/α,β-unsaturated/α-hetero) is 1. The molecule has 0 saturated carbocycles. The average molecular weight is 257 g/mol. The van der Waals surface area contributed by atoms with Crippen molar-refractivity contribution in [3.63, 3.8) is 0 Å². The van der Waals surface area contributed by atoms with Gasteiger partial charge in [-0.3, -0.25) is 4.79 Å². The first-order chi connectivity index (χ1) is 6.70. The van der Waals surface area contributed by atoms with Crippen LogP contribution >= 0.6 is 15.9 Å². The SMILES string of the molecule is CC(Br)C(=O)c1cccc2c1OCO2. The highest BCUT2D eigenvalue weighted by atomic mass is 79.9. The van der Waals surface area contributed by atoms with Gasteiger partial charge < -0.3 is 9.47 Å². The van der Waals surface area contributed by atoms with Crippen LogP contribution in [0.25, 0.3) is 0 Å². The van der Waals surface area contributed by atoms with E-state index in [1.54, 1.807) is 25.1 Å². The molecule has 1 aliphatic heterocycles. The highest BCUT2D eigenvalue weighted by Gasteiger charge is 2.23. The van der Waals surface area contributed by atoms with E-state index < -0.39 is 0 Å². The van der Waals surface area contributed by atoms with Gasteiger partial charge in [0.05, 0.1) is 10.4 Å². The van der Waals surface area contributed by atoms with E-state index in [0.29, 0.717) is 17.1 Å². The van der Waals surface area contributed by atoms with E-state index in [1.807, 2.05) is 0 Å². The molecule has 0 bridgehead atoms. The van der Waals surface area contributed by atoms with Crippen molar-refractivity contribution in [3.8, 4) is 11.5 Å². The molecule has 4 heteroatoms. The van der Waals surface area contributed by atoms with Gasteiger partial charge in [0.15, 0.2) is 17.3 Å². The van der Waals surface area contributed by atoms with Crippen molar-refractivity contribution >= 4 is 21.7 Å². The van der Waals surface area contributed by atoms with Crippen LogP contribution in [0, 0.1) is 0 Å². The Bertz CT molecular complexity index is 374. The van der Waals surface area contributed by atoms with E-state index in [-0.39, 0.29) is 17.4 Å². The second-order valence-electron chi connectivity index (χ2n) is 3.02. The molecule has 1 aromatic rings. The van der Waals surface area contributed by atoms with Crippen LogP contribution in [-0.4, -0.2) is 17.4 Å². The molecule has 74 valence electrons. The van der Waals surface area contributed by atoms with Gasteiger partial charge in [-0.25, -0.2) is 0 Å². The van der Waals surface area contributed by atoms with Crippen LogP contribution in [0.4, 0.5) is 0 Å². The number of carbonyl (C=O) groups is 1. The lowest BCUT2D eigenvalue weighted by Gasteiger charge is -2.05. The molecule has 1 unspecified atom stereocenters. The number of benzene rings is 1. The molecule has 0 radical (unpaired) electrons. The lowest BCUT2D eigenvalue weighted by molar-refractivity contribution is 0.0991. The van der Waals surface area contributed by atoms with Crippen LogP contribution in [0.2, 0.25) is 0 Å². The van der Waals surface area contributed by atoms with Crippen molar-refractivity contribution in [1.29, 1.82) is 0 Å². The Hall–Kier alpha value is -1.03. The highest BCUT2D eigenvalue weighted by molar-refractivity contribution is 9.10. The van der Waals surface area contributed by atoms with Crippen LogP contribution in [0.1, 0.15) is 17.3 Å². The molecule has 1 aromatic carbocycles. The number of halogens is 1. The molecular weight excluding hydrogens is 248 g/mol. The van der Waals surface area contributed by atoms with Crippen LogP contribution in [-0.2, 0) is 0 Å². The summed E-state index contributed by atoms with van der Waals surface area (Å²) in [5, 5.41) is 0. The number of fused-ring (bicyclic) bond motifs is 1. The fraction of sp³-hybridized carbons (Fsp3) is 0.300. The third-order valence-corrected chi connectivity index (χ3v) is 2.44. The molecule has 2 rings (SSSR count). The largest absolute Gasteiger partial charge is 0.454 e. The molecular formula is C10H9BrO3. The number of ether oxygens (including phenoxy) is 2. The maximum atomic E-state index is 11.7. The van der Waals surface area contributed by atoms with Crippen molar-refractivity contribution in [3.05, 3.63) is 23.8 Å². The number of rotatable bonds is 2. The van der Waals surface area contributed by atoms with Crippen LogP contribution in [0.5, 0.6) is 11.5 Å². The molecule has 0 saturated heterocycles. The number of hydrogen-bond donors (Lipinski definition) is 0. The monoisotopic (exact) mass is 256 g/mol. The number of para-hydroxylation sites is 1. The molecule has 0 spiro atoms. The minimum absolute atomic E-state index is 0.00681. The van der Waals surface area contributed by atoms with Crippen molar-refractivity contribution in [2.45, 2.75) is 11.8 Å². The van der Waals surface area contributed by atoms with Gasteiger partial charge in [0.25, 0.3) is 0 Å². The number of alkyl halides is 1. The molecule has 1 aliphatic rings. The molecule has 1 atom stereocenters. The smallest absolute Gasteiger partial charge is 0.231 e. The summed E-state index contributed by atoms with van der Waals surface area (Å²) in [6.45, 7) is 1.98. The zero-order valence-corrected chi connectivity index (χ0v) is 9.21. The average Bonchev–Trinajstić information content (AvgIpc) is 2.63. The van der Waals surface area contributed by atoms with Gasteiger partial charge in [-0.05, 0) is 19.1 Å². The van der Waals surface area contributed by atoms with Gasteiger partial charge in [0.1, 0.15) is 0 Å². The van der Waals surface area contributed by atoms with Crippen molar-refractivity contribution in [2.75, 3.05) is 6.79 Å². The summed E-state index contributed by atoms with van der Waals surface area (Å²) >= 11 is 3.24. The first-order valence-corrected chi connectivity index (χ1v) is 5.18. The zero-order valence-electron chi connectivity index (χ0n) is 7.62. The summed E-state index contributed by atoms with van der Waals surface area (Å²) in [6.07, 6.45) is 0. The first kappa shape index (κ1) is 9.52. The van der Waals surface area contributed by atoms with Gasteiger partial charge in [0.2, 0.25) is 6.79 Å². The summed E-state index contributed by atoms with van der Waals surface area (Å²) in [5.41, 5.74) is 0.573. The van der Waals surface area contributed by atoms with E-state index in [9.17, 15) is 4.79 Å². The maximum Gasteiger partial charge on any atom is 0.231 e. The van der Waals surface area contributed by atoms with Crippen molar-refractivity contribution in [2.24, 2.45) is 0 Å². The van der Waals surface area contributed by atoms with E-state index in [1.165, 1.54) is 0 Å². The Kier molecular flexibility index (Phi) is 2.46. The second-order valence-corrected chi connectivity index (χ2v) is 4.39.